The summed E-state index contributed by atoms with van der Waals surface area (Å²) in [5, 5.41) is 10.8. The lowest BCUT2D eigenvalue weighted by atomic mass is 10.2. The van der Waals surface area contributed by atoms with Gasteiger partial charge in [-0.2, -0.15) is 0 Å². The number of nitro benzene ring substituents is 1. The normalized spacial score (nSPS) is 10.6. The Bertz CT molecular complexity index is 491. The van der Waals surface area contributed by atoms with Crippen LogP contribution in [0.25, 0.3) is 0 Å². The number of hydrogen-bond donors (Lipinski definition) is 0. The zero-order valence-electron chi connectivity index (χ0n) is 11.1. The molecule has 0 atom stereocenters. The van der Waals surface area contributed by atoms with Gasteiger partial charge in [0.2, 0.25) is 5.91 Å². The minimum atomic E-state index is -0.432. The van der Waals surface area contributed by atoms with Gasteiger partial charge in [-0.3, -0.25) is 19.8 Å². The van der Waals surface area contributed by atoms with Crippen molar-refractivity contribution in [1.29, 1.82) is 0 Å². The van der Waals surface area contributed by atoms with E-state index in [0.29, 0.717) is 11.0 Å². The molecule has 0 saturated carbocycles. The second-order valence-corrected chi connectivity index (χ2v) is 5.26. The molecule has 6 nitrogen and oxygen atoms in total. The topological polar surface area (TPSA) is 66.7 Å². The van der Waals surface area contributed by atoms with Crippen LogP contribution in [-0.2, 0) is 11.3 Å². The molecule has 0 spiro atoms. The van der Waals surface area contributed by atoms with Gasteiger partial charge in [-0.05, 0) is 28.5 Å². The molecule has 0 radical (unpaired) electrons. The summed E-state index contributed by atoms with van der Waals surface area (Å²) < 4.78 is 0.462. The van der Waals surface area contributed by atoms with Gasteiger partial charge in [0.25, 0.3) is 5.69 Å². The maximum Gasteiger partial charge on any atom is 0.283 e. The molecule has 19 heavy (non-hydrogen) atoms. The lowest BCUT2D eigenvalue weighted by molar-refractivity contribution is -0.385. The molecule has 1 aromatic rings. The molecular weight excluding hydrogens is 314 g/mol. The van der Waals surface area contributed by atoms with Crippen molar-refractivity contribution >= 4 is 27.5 Å². The lowest BCUT2D eigenvalue weighted by Crippen LogP contribution is -2.34. The number of carbonyl (C=O) groups excluding carboxylic acids is 1. The average molecular weight is 330 g/mol. The first-order valence-electron chi connectivity index (χ1n) is 5.63. The predicted octanol–water partition coefficient (Wildman–Crippen LogP) is 1.88. The summed E-state index contributed by atoms with van der Waals surface area (Å²) in [4.78, 5) is 25.3. The van der Waals surface area contributed by atoms with Crippen LogP contribution < -0.4 is 0 Å². The van der Waals surface area contributed by atoms with Crippen LogP contribution in [0.15, 0.2) is 22.7 Å². The van der Waals surface area contributed by atoms with Gasteiger partial charge >= 0.3 is 0 Å². The van der Waals surface area contributed by atoms with E-state index in [-0.39, 0.29) is 18.1 Å². The lowest BCUT2D eigenvalue weighted by Gasteiger charge is -2.19. The number of rotatable bonds is 5. The molecular formula is C12H16BrN3O3. The average Bonchev–Trinajstić information content (AvgIpc) is 2.31. The smallest absolute Gasteiger partial charge is 0.283 e. The van der Waals surface area contributed by atoms with Crippen LogP contribution in [0.3, 0.4) is 0 Å². The van der Waals surface area contributed by atoms with Crippen LogP contribution in [0, 0.1) is 10.1 Å². The number of likely N-dealkylation sites (N-methyl/N-ethyl adjacent to an activating group) is 2. The molecule has 0 bridgehead atoms. The van der Waals surface area contributed by atoms with E-state index in [1.54, 1.807) is 33.3 Å². The Morgan fingerprint density at radius 3 is 2.53 bits per heavy atom. The third-order valence-corrected chi connectivity index (χ3v) is 3.51. The van der Waals surface area contributed by atoms with E-state index in [9.17, 15) is 14.9 Å². The minimum Gasteiger partial charge on any atom is -0.348 e. The van der Waals surface area contributed by atoms with Crippen molar-refractivity contribution in [2.45, 2.75) is 6.54 Å². The number of benzene rings is 1. The maximum atomic E-state index is 11.6. The molecule has 104 valence electrons. The van der Waals surface area contributed by atoms with Crippen LogP contribution in [0.4, 0.5) is 5.69 Å². The molecule has 0 saturated heterocycles. The number of amides is 1. The highest BCUT2D eigenvalue weighted by atomic mass is 79.9. The molecule has 1 amide bonds. The van der Waals surface area contributed by atoms with Gasteiger partial charge in [0.15, 0.2) is 0 Å². The number of halogens is 1. The molecule has 0 heterocycles. The molecule has 0 aliphatic rings. The third kappa shape index (κ3) is 4.29. The molecule has 1 aromatic carbocycles. The SMILES string of the molecule is CN(CC(=O)N(C)C)Cc1cccc([N+](=O)[O-])c1Br. The van der Waals surface area contributed by atoms with E-state index in [4.69, 9.17) is 0 Å². The zero-order valence-corrected chi connectivity index (χ0v) is 12.7. The van der Waals surface area contributed by atoms with Crippen LogP contribution in [0.5, 0.6) is 0 Å². The zero-order chi connectivity index (χ0) is 14.6. The minimum absolute atomic E-state index is 0.0101. The molecule has 0 aliphatic heterocycles. The van der Waals surface area contributed by atoms with E-state index in [0.717, 1.165) is 5.56 Å². The van der Waals surface area contributed by atoms with Crippen molar-refractivity contribution < 1.29 is 9.72 Å². The highest BCUT2D eigenvalue weighted by molar-refractivity contribution is 9.10. The van der Waals surface area contributed by atoms with E-state index >= 15 is 0 Å². The summed E-state index contributed by atoms with van der Waals surface area (Å²) >= 11 is 3.24. The second-order valence-electron chi connectivity index (χ2n) is 4.47. The van der Waals surface area contributed by atoms with Crippen molar-refractivity contribution in [3.63, 3.8) is 0 Å². The quantitative estimate of drug-likeness (QED) is 0.611. The van der Waals surface area contributed by atoms with Crippen LogP contribution >= 0.6 is 15.9 Å². The Balaban J connectivity index is 2.80. The van der Waals surface area contributed by atoms with E-state index < -0.39 is 4.92 Å². The Morgan fingerprint density at radius 2 is 2.00 bits per heavy atom. The summed E-state index contributed by atoms with van der Waals surface area (Å²) in [5.74, 6) is -0.0101. The number of hydrogen-bond acceptors (Lipinski definition) is 4. The molecule has 0 aliphatic carbocycles. The van der Waals surface area contributed by atoms with Gasteiger partial charge in [-0.1, -0.05) is 12.1 Å². The number of nitro groups is 1. The first-order chi connectivity index (χ1) is 8.82. The van der Waals surface area contributed by atoms with Gasteiger partial charge in [-0.25, -0.2) is 0 Å². The summed E-state index contributed by atoms with van der Waals surface area (Å²) in [6.45, 7) is 0.726. The summed E-state index contributed by atoms with van der Waals surface area (Å²) in [5.41, 5.74) is 0.813. The molecule has 0 N–H and O–H groups in total. The van der Waals surface area contributed by atoms with Gasteiger partial charge in [0.1, 0.15) is 0 Å². The van der Waals surface area contributed by atoms with Gasteiger partial charge in [-0.15, -0.1) is 0 Å². The van der Waals surface area contributed by atoms with Crippen molar-refractivity contribution in [3.05, 3.63) is 38.3 Å². The van der Waals surface area contributed by atoms with Crippen molar-refractivity contribution in [1.82, 2.24) is 9.80 Å². The summed E-state index contributed by atoms with van der Waals surface area (Å²) in [7, 11) is 5.19. The van der Waals surface area contributed by atoms with Gasteiger partial charge < -0.3 is 4.90 Å². The first kappa shape index (κ1) is 15.6. The number of nitrogens with zero attached hydrogens (tertiary/aromatic N) is 3. The largest absolute Gasteiger partial charge is 0.348 e. The highest BCUT2D eigenvalue weighted by Crippen LogP contribution is 2.28. The standard InChI is InChI=1S/C12H16BrN3O3/c1-14(2)11(17)8-15(3)7-9-5-4-6-10(12(9)13)16(18)19/h4-6H,7-8H2,1-3H3. The fourth-order valence-corrected chi connectivity index (χ4v) is 2.08. The van der Waals surface area contributed by atoms with E-state index in [1.165, 1.54) is 11.0 Å². The summed E-state index contributed by atoms with van der Waals surface area (Å²) in [6, 6.07) is 4.88. The Hall–Kier alpha value is -1.47. The molecule has 0 aromatic heterocycles. The monoisotopic (exact) mass is 329 g/mol. The van der Waals surface area contributed by atoms with E-state index in [1.807, 2.05) is 4.90 Å². The summed E-state index contributed by atoms with van der Waals surface area (Å²) in [6.07, 6.45) is 0. The molecule has 0 fully saturated rings. The first-order valence-corrected chi connectivity index (χ1v) is 6.42. The Kier molecular flexibility index (Phi) is 5.44. The Labute approximate surface area is 120 Å². The van der Waals surface area contributed by atoms with Gasteiger partial charge in [0, 0.05) is 26.7 Å². The van der Waals surface area contributed by atoms with Crippen molar-refractivity contribution in [2.75, 3.05) is 27.7 Å². The fourth-order valence-electron chi connectivity index (χ4n) is 1.55. The fraction of sp³-hybridized carbons (Fsp3) is 0.417. The maximum absolute atomic E-state index is 11.6. The predicted molar refractivity (Wildman–Crippen MR) is 75.8 cm³/mol. The van der Waals surface area contributed by atoms with Crippen molar-refractivity contribution in [3.8, 4) is 0 Å². The van der Waals surface area contributed by atoms with Crippen molar-refractivity contribution in [2.24, 2.45) is 0 Å². The van der Waals surface area contributed by atoms with Crippen LogP contribution in [-0.4, -0.2) is 48.3 Å². The molecule has 1 rings (SSSR count). The Morgan fingerprint density at radius 1 is 1.37 bits per heavy atom. The van der Waals surface area contributed by atoms with Crippen LogP contribution in [0.2, 0.25) is 0 Å². The second kappa shape index (κ2) is 6.63. The van der Waals surface area contributed by atoms with Gasteiger partial charge in [0.05, 0.1) is 15.9 Å². The highest BCUT2D eigenvalue weighted by Gasteiger charge is 2.16. The van der Waals surface area contributed by atoms with Crippen LogP contribution in [0.1, 0.15) is 5.56 Å². The third-order valence-electron chi connectivity index (χ3n) is 2.60. The van der Waals surface area contributed by atoms with E-state index in [2.05, 4.69) is 15.9 Å². The number of carbonyl (C=O) groups is 1. The molecule has 0 unspecified atom stereocenters. The molecule has 7 heteroatoms.